The number of aromatic nitrogens is 3. The van der Waals surface area contributed by atoms with Crippen LogP contribution >= 0.6 is 11.3 Å². The molecule has 0 spiro atoms. The fraction of sp³-hybridized carbons (Fsp3) is 0.167. The number of fused-ring (bicyclic) bond motifs is 1. The molecule has 0 atom stereocenters. The lowest BCUT2D eigenvalue weighted by molar-refractivity contribution is 0.0774. The number of nitrogens with zero attached hydrogens (tertiary/aromatic N) is 4. The largest absolute Gasteiger partial charge is 0.379 e. The Morgan fingerprint density at radius 2 is 2.20 bits per heavy atom. The number of benzene rings is 1. The first-order valence-corrected chi connectivity index (χ1v) is 6.65. The van der Waals surface area contributed by atoms with E-state index < -0.39 is 0 Å². The van der Waals surface area contributed by atoms with Crippen molar-refractivity contribution in [2.75, 3.05) is 12.8 Å². The fourth-order valence-electron chi connectivity index (χ4n) is 1.79. The van der Waals surface area contributed by atoms with Gasteiger partial charge in [0.25, 0.3) is 5.91 Å². The molecule has 3 rings (SSSR count). The lowest BCUT2D eigenvalue weighted by atomic mass is 10.3. The van der Waals surface area contributed by atoms with E-state index in [4.69, 9.17) is 5.73 Å². The van der Waals surface area contributed by atoms with Gasteiger partial charge in [-0.2, -0.15) is 0 Å². The van der Waals surface area contributed by atoms with Gasteiger partial charge in [0.15, 0.2) is 0 Å². The predicted octanol–water partition coefficient (Wildman–Crippen LogP) is 1.53. The summed E-state index contributed by atoms with van der Waals surface area (Å²) in [6, 6.07) is 7.83. The molecule has 2 N–H and O–H groups in total. The molecular formula is C12H11N5O2S. The van der Waals surface area contributed by atoms with E-state index in [1.807, 2.05) is 24.3 Å². The predicted molar refractivity (Wildman–Crippen MR) is 74.1 cm³/mol. The van der Waals surface area contributed by atoms with E-state index in [0.717, 1.165) is 15.2 Å². The highest BCUT2D eigenvalue weighted by Crippen LogP contribution is 2.22. The number of hydrogen-bond donors (Lipinski definition) is 1. The molecule has 1 amide bonds. The Morgan fingerprint density at radius 3 is 2.90 bits per heavy atom. The van der Waals surface area contributed by atoms with Crippen LogP contribution in [0.5, 0.6) is 0 Å². The van der Waals surface area contributed by atoms with E-state index >= 15 is 0 Å². The van der Waals surface area contributed by atoms with Crippen molar-refractivity contribution in [1.29, 1.82) is 0 Å². The number of nitrogens with two attached hydrogens (primary N) is 1. The molecule has 0 unspecified atom stereocenters. The minimum atomic E-state index is -0.344. The third-order valence-corrected chi connectivity index (χ3v) is 3.79. The lowest BCUT2D eigenvalue weighted by Gasteiger charge is -2.13. The summed E-state index contributed by atoms with van der Waals surface area (Å²) in [7, 11) is 1.66. The number of nitrogen functional groups attached to an aromatic ring is 1. The van der Waals surface area contributed by atoms with Gasteiger partial charge in [-0.15, -0.1) is 11.3 Å². The molecule has 0 radical (unpaired) electrons. The van der Waals surface area contributed by atoms with Crippen LogP contribution in [-0.4, -0.2) is 33.2 Å². The summed E-state index contributed by atoms with van der Waals surface area (Å²) in [6.07, 6.45) is 0. The summed E-state index contributed by atoms with van der Waals surface area (Å²) < 4.78 is 5.52. The van der Waals surface area contributed by atoms with Crippen LogP contribution in [0.4, 0.5) is 5.82 Å². The van der Waals surface area contributed by atoms with Crippen LogP contribution in [0.1, 0.15) is 15.5 Å². The van der Waals surface area contributed by atoms with Gasteiger partial charge in [0.05, 0.1) is 16.8 Å². The maximum Gasteiger partial charge on any atom is 0.280 e. The van der Waals surface area contributed by atoms with Gasteiger partial charge in [-0.05, 0) is 22.4 Å². The quantitative estimate of drug-likeness (QED) is 0.785. The third kappa shape index (κ3) is 2.21. The number of carbonyl (C=O) groups excluding carboxylic acids is 1. The Labute approximate surface area is 118 Å². The standard InChI is InChI=1S/C12H11N5O2S/c1-17(12(18)10-11(13)16-19-15-10)6-9-14-7-4-2-3-5-8(7)20-9/h2-5H,6H2,1H3,(H2,13,16). The Balaban J connectivity index is 1.80. The third-order valence-electron chi connectivity index (χ3n) is 2.77. The number of carbonyl (C=O) groups is 1. The highest BCUT2D eigenvalue weighted by atomic mass is 32.1. The SMILES string of the molecule is CN(Cc1nc2ccccc2s1)C(=O)c1nonc1N. The van der Waals surface area contributed by atoms with Crippen LogP contribution in [0.25, 0.3) is 10.2 Å². The zero-order valence-corrected chi connectivity index (χ0v) is 11.4. The molecule has 3 aromatic rings. The Morgan fingerprint density at radius 1 is 1.40 bits per heavy atom. The molecule has 1 aromatic carbocycles. The molecule has 102 valence electrons. The Bertz CT molecular complexity index is 733. The first-order valence-electron chi connectivity index (χ1n) is 5.83. The van der Waals surface area contributed by atoms with Gasteiger partial charge >= 0.3 is 0 Å². The minimum Gasteiger partial charge on any atom is -0.379 e. The van der Waals surface area contributed by atoms with Gasteiger partial charge in [-0.3, -0.25) is 4.79 Å². The number of thiazole rings is 1. The molecule has 7 nitrogen and oxygen atoms in total. The molecule has 0 saturated heterocycles. The van der Waals surface area contributed by atoms with Gasteiger partial charge in [0, 0.05) is 7.05 Å². The first-order chi connectivity index (χ1) is 9.65. The van der Waals surface area contributed by atoms with Crippen LogP contribution < -0.4 is 5.73 Å². The normalized spacial score (nSPS) is 10.8. The molecule has 0 aliphatic carbocycles. The summed E-state index contributed by atoms with van der Waals surface area (Å²) in [5.41, 5.74) is 6.45. The second-order valence-corrected chi connectivity index (χ2v) is 5.35. The van der Waals surface area contributed by atoms with Crippen molar-refractivity contribution in [3.8, 4) is 0 Å². The van der Waals surface area contributed by atoms with E-state index in [0.29, 0.717) is 6.54 Å². The van der Waals surface area contributed by atoms with Gasteiger partial charge in [0.2, 0.25) is 11.5 Å². The minimum absolute atomic E-state index is 0.00819. The summed E-state index contributed by atoms with van der Waals surface area (Å²) in [6.45, 7) is 0.379. The van der Waals surface area contributed by atoms with Gasteiger partial charge in [-0.25, -0.2) is 9.61 Å². The van der Waals surface area contributed by atoms with Crippen molar-refractivity contribution in [2.24, 2.45) is 0 Å². The molecule has 0 bridgehead atoms. The van der Waals surface area contributed by atoms with Crippen molar-refractivity contribution in [3.63, 3.8) is 0 Å². The highest BCUT2D eigenvalue weighted by molar-refractivity contribution is 7.18. The number of amides is 1. The van der Waals surface area contributed by atoms with E-state index in [2.05, 4.69) is 19.9 Å². The first kappa shape index (κ1) is 12.5. The van der Waals surface area contributed by atoms with E-state index in [-0.39, 0.29) is 17.4 Å². The van der Waals surface area contributed by atoms with Crippen LogP contribution in [0.15, 0.2) is 28.9 Å². The maximum absolute atomic E-state index is 12.1. The second-order valence-electron chi connectivity index (χ2n) is 4.23. The summed E-state index contributed by atoms with van der Waals surface area (Å²) in [4.78, 5) is 18.1. The summed E-state index contributed by atoms with van der Waals surface area (Å²) in [5, 5.41) is 7.74. The Kier molecular flexibility index (Phi) is 3.07. The average Bonchev–Trinajstić information content (AvgIpc) is 3.03. The van der Waals surface area contributed by atoms with E-state index in [1.54, 1.807) is 18.4 Å². The van der Waals surface area contributed by atoms with Crippen molar-refractivity contribution >= 4 is 33.3 Å². The molecule has 2 heterocycles. The number of anilines is 1. The highest BCUT2D eigenvalue weighted by Gasteiger charge is 2.21. The maximum atomic E-state index is 12.1. The van der Waals surface area contributed by atoms with Crippen molar-refractivity contribution in [2.45, 2.75) is 6.54 Å². The molecule has 20 heavy (non-hydrogen) atoms. The summed E-state index contributed by atoms with van der Waals surface area (Å²) >= 11 is 1.55. The van der Waals surface area contributed by atoms with Crippen LogP contribution in [0, 0.1) is 0 Å². The molecular weight excluding hydrogens is 278 g/mol. The van der Waals surface area contributed by atoms with Crippen LogP contribution in [-0.2, 0) is 6.54 Å². The molecule has 0 aliphatic heterocycles. The average molecular weight is 289 g/mol. The second kappa shape index (κ2) is 4.89. The summed E-state index contributed by atoms with van der Waals surface area (Å²) in [5.74, 6) is -0.353. The topological polar surface area (TPSA) is 98.1 Å². The molecule has 2 aromatic heterocycles. The monoisotopic (exact) mass is 289 g/mol. The van der Waals surface area contributed by atoms with Crippen LogP contribution in [0.3, 0.4) is 0 Å². The molecule has 0 saturated carbocycles. The molecule has 8 heteroatoms. The van der Waals surface area contributed by atoms with Gasteiger partial charge in [-0.1, -0.05) is 12.1 Å². The number of rotatable bonds is 3. The van der Waals surface area contributed by atoms with Crippen molar-refractivity contribution < 1.29 is 9.42 Å². The Hall–Kier alpha value is -2.48. The zero-order valence-electron chi connectivity index (χ0n) is 10.6. The lowest BCUT2D eigenvalue weighted by Crippen LogP contribution is -2.27. The smallest absolute Gasteiger partial charge is 0.280 e. The van der Waals surface area contributed by atoms with E-state index in [9.17, 15) is 4.79 Å². The zero-order chi connectivity index (χ0) is 14.1. The molecule has 0 fully saturated rings. The number of hydrogen-bond acceptors (Lipinski definition) is 7. The fourth-order valence-corrected chi connectivity index (χ4v) is 2.81. The van der Waals surface area contributed by atoms with Gasteiger partial charge in [0.1, 0.15) is 5.01 Å². The van der Waals surface area contributed by atoms with Gasteiger partial charge < -0.3 is 10.6 Å². The van der Waals surface area contributed by atoms with Crippen molar-refractivity contribution in [3.05, 3.63) is 35.0 Å². The molecule has 0 aliphatic rings. The number of para-hydroxylation sites is 1. The van der Waals surface area contributed by atoms with Crippen molar-refractivity contribution in [1.82, 2.24) is 20.2 Å². The van der Waals surface area contributed by atoms with Crippen LogP contribution in [0.2, 0.25) is 0 Å². The van der Waals surface area contributed by atoms with E-state index in [1.165, 1.54) is 4.90 Å².